The molecule has 0 bridgehead atoms. The van der Waals surface area contributed by atoms with Crippen LogP contribution in [0.4, 0.5) is 0 Å². The monoisotopic (exact) mass is 271 g/mol. The number of carbonyl (C=O) groups is 1. The Morgan fingerprint density at radius 1 is 1.35 bits per heavy atom. The van der Waals surface area contributed by atoms with E-state index in [2.05, 4.69) is 10.4 Å². The molecule has 2 rings (SSSR count). The van der Waals surface area contributed by atoms with Crippen LogP contribution in [0.2, 0.25) is 0 Å². The summed E-state index contributed by atoms with van der Waals surface area (Å²) >= 11 is 0. The summed E-state index contributed by atoms with van der Waals surface area (Å²) in [7, 11) is 0. The molecule has 1 amide bonds. The van der Waals surface area contributed by atoms with Crippen molar-refractivity contribution in [1.82, 2.24) is 15.1 Å². The Morgan fingerprint density at radius 3 is 2.75 bits per heavy atom. The summed E-state index contributed by atoms with van der Waals surface area (Å²) in [5.74, 6) is -0.0427. The van der Waals surface area contributed by atoms with E-state index in [-0.39, 0.29) is 11.9 Å². The first-order valence-electron chi connectivity index (χ1n) is 6.92. The van der Waals surface area contributed by atoms with Crippen LogP contribution in [0.25, 0.3) is 0 Å². The van der Waals surface area contributed by atoms with Crippen LogP contribution in [0.3, 0.4) is 0 Å². The van der Waals surface area contributed by atoms with Crippen molar-refractivity contribution >= 4 is 5.91 Å². The summed E-state index contributed by atoms with van der Waals surface area (Å²) in [4.78, 5) is 12.3. The van der Waals surface area contributed by atoms with Crippen molar-refractivity contribution in [2.24, 2.45) is 0 Å². The molecule has 1 unspecified atom stereocenters. The second-order valence-corrected chi connectivity index (χ2v) is 5.09. The van der Waals surface area contributed by atoms with E-state index in [9.17, 15) is 4.79 Å². The Morgan fingerprint density at radius 2 is 2.10 bits per heavy atom. The molecule has 0 spiro atoms. The van der Waals surface area contributed by atoms with E-state index >= 15 is 0 Å². The molecule has 0 radical (unpaired) electrons. The smallest absolute Gasteiger partial charge is 0.252 e. The number of nitrogens with one attached hydrogen (secondary N) is 1. The molecule has 1 N–H and O–H groups in total. The Kier molecular flexibility index (Phi) is 4.23. The molecule has 1 aromatic carbocycles. The van der Waals surface area contributed by atoms with Crippen molar-refractivity contribution in [2.75, 3.05) is 0 Å². The largest absolute Gasteiger partial charge is 0.344 e. The number of aromatic nitrogens is 2. The second kappa shape index (κ2) is 5.90. The van der Waals surface area contributed by atoms with Gasteiger partial charge in [0, 0.05) is 18.3 Å². The summed E-state index contributed by atoms with van der Waals surface area (Å²) < 4.78 is 1.90. The lowest BCUT2D eigenvalue weighted by Gasteiger charge is -2.16. The van der Waals surface area contributed by atoms with Gasteiger partial charge in [-0.25, -0.2) is 0 Å². The molecule has 2 aromatic rings. The summed E-state index contributed by atoms with van der Waals surface area (Å²) in [6.45, 7) is 8.80. The number of benzene rings is 1. The van der Waals surface area contributed by atoms with E-state index < -0.39 is 0 Å². The fourth-order valence-electron chi connectivity index (χ4n) is 2.39. The summed E-state index contributed by atoms with van der Waals surface area (Å²) in [5, 5.41) is 7.26. The molecule has 4 nitrogen and oxygen atoms in total. The number of rotatable bonds is 4. The lowest BCUT2D eigenvalue weighted by Crippen LogP contribution is -2.28. The molecular formula is C16H21N3O. The maximum atomic E-state index is 12.3. The molecule has 0 aliphatic rings. The van der Waals surface area contributed by atoms with Crippen molar-refractivity contribution in [1.29, 1.82) is 0 Å². The third-order valence-electron chi connectivity index (χ3n) is 3.47. The van der Waals surface area contributed by atoms with Gasteiger partial charge in [-0.3, -0.25) is 9.48 Å². The van der Waals surface area contributed by atoms with Crippen LogP contribution in [-0.4, -0.2) is 15.7 Å². The summed E-state index contributed by atoms with van der Waals surface area (Å²) in [6, 6.07) is 7.74. The zero-order chi connectivity index (χ0) is 14.7. The maximum Gasteiger partial charge on any atom is 0.252 e. The molecule has 106 valence electrons. The molecule has 0 fully saturated rings. The average Bonchev–Trinajstić information content (AvgIpc) is 2.86. The Balaban J connectivity index is 2.15. The highest BCUT2D eigenvalue weighted by Crippen LogP contribution is 2.15. The molecule has 4 heteroatoms. The molecule has 1 heterocycles. The molecule has 0 aliphatic heterocycles. The first-order chi connectivity index (χ1) is 9.52. The number of nitrogens with zero attached hydrogens (tertiary/aromatic N) is 2. The van der Waals surface area contributed by atoms with Crippen molar-refractivity contribution in [3.8, 4) is 0 Å². The quantitative estimate of drug-likeness (QED) is 0.929. The molecule has 1 aromatic heterocycles. The highest BCUT2D eigenvalue weighted by Gasteiger charge is 2.15. The zero-order valence-corrected chi connectivity index (χ0v) is 12.5. The SMILES string of the molecule is CCn1nccc1C(C)NC(=O)c1ccc(C)cc1C. The van der Waals surface area contributed by atoms with E-state index in [4.69, 9.17) is 0 Å². The van der Waals surface area contributed by atoms with Gasteiger partial charge in [-0.2, -0.15) is 5.10 Å². The lowest BCUT2D eigenvalue weighted by molar-refractivity contribution is 0.0937. The minimum atomic E-state index is -0.0642. The molecule has 0 saturated heterocycles. The Hall–Kier alpha value is -2.10. The highest BCUT2D eigenvalue weighted by atomic mass is 16.1. The lowest BCUT2D eigenvalue weighted by atomic mass is 10.0. The van der Waals surface area contributed by atoms with Gasteiger partial charge in [0.1, 0.15) is 0 Å². The Bertz CT molecular complexity index is 616. The van der Waals surface area contributed by atoms with E-state index in [1.807, 2.05) is 56.6 Å². The van der Waals surface area contributed by atoms with Crippen LogP contribution in [0.1, 0.15) is 47.1 Å². The average molecular weight is 271 g/mol. The maximum absolute atomic E-state index is 12.3. The van der Waals surface area contributed by atoms with Gasteiger partial charge in [0.15, 0.2) is 0 Å². The van der Waals surface area contributed by atoms with E-state index in [1.54, 1.807) is 6.20 Å². The van der Waals surface area contributed by atoms with Crippen LogP contribution < -0.4 is 5.32 Å². The van der Waals surface area contributed by atoms with Crippen LogP contribution in [0.15, 0.2) is 30.5 Å². The van der Waals surface area contributed by atoms with E-state index in [0.717, 1.165) is 28.9 Å². The van der Waals surface area contributed by atoms with Crippen LogP contribution in [0, 0.1) is 13.8 Å². The third kappa shape index (κ3) is 2.90. The minimum absolute atomic E-state index is 0.0427. The summed E-state index contributed by atoms with van der Waals surface area (Å²) in [6.07, 6.45) is 1.76. The van der Waals surface area contributed by atoms with Gasteiger partial charge in [-0.15, -0.1) is 0 Å². The van der Waals surface area contributed by atoms with Gasteiger partial charge in [0.05, 0.1) is 11.7 Å². The first-order valence-corrected chi connectivity index (χ1v) is 6.92. The third-order valence-corrected chi connectivity index (χ3v) is 3.47. The molecule has 0 saturated carbocycles. The number of aryl methyl sites for hydroxylation is 3. The van der Waals surface area contributed by atoms with Gasteiger partial charge in [0.25, 0.3) is 5.91 Å². The van der Waals surface area contributed by atoms with Gasteiger partial charge in [0.2, 0.25) is 0 Å². The number of amides is 1. The van der Waals surface area contributed by atoms with Crippen LogP contribution in [0.5, 0.6) is 0 Å². The molecule has 20 heavy (non-hydrogen) atoms. The fourth-order valence-corrected chi connectivity index (χ4v) is 2.39. The predicted molar refractivity (Wildman–Crippen MR) is 79.7 cm³/mol. The first kappa shape index (κ1) is 14.3. The number of hydrogen-bond donors (Lipinski definition) is 1. The van der Waals surface area contributed by atoms with Crippen molar-refractivity contribution < 1.29 is 4.79 Å². The number of carbonyl (C=O) groups excluding carboxylic acids is 1. The fraction of sp³-hybridized carbons (Fsp3) is 0.375. The minimum Gasteiger partial charge on any atom is -0.344 e. The molecule has 1 atom stereocenters. The zero-order valence-electron chi connectivity index (χ0n) is 12.5. The standard InChI is InChI=1S/C16H21N3O/c1-5-19-15(8-9-17-19)13(4)18-16(20)14-7-6-11(2)10-12(14)3/h6-10,13H,5H2,1-4H3,(H,18,20). The van der Waals surface area contributed by atoms with Gasteiger partial charge >= 0.3 is 0 Å². The van der Waals surface area contributed by atoms with E-state index in [0.29, 0.717) is 0 Å². The molecular weight excluding hydrogens is 250 g/mol. The van der Waals surface area contributed by atoms with Gasteiger partial charge in [-0.1, -0.05) is 17.7 Å². The van der Waals surface area contributed by atoms with Crippen LogP contribution >= 0.6 is 0 Å². The highest BCUT2D eigenvalue weighted by molar-refractivity contribution is 5.95. The van der Waals surface area contributed by atoms with Crippen LogP contribution in [-0.2, 0) is 6.54 Å². The normalized spacial score (nSPS) is 12.2. The topological polar surface area (TPSA) is 46.9 Å². The number of hydrogen-bond acceptors (Lipinski definition) is 2. The van der Waals surface area contributed by atoms with Crippen molar-refractivity contribution in [3.05, 3.63) is 52.8 Å². The predicted octanol–water partition coefficient (Wildman–Crippen LogP) is 3.01. The summed E-state index contributed by atoms with van der Waals surface area (Å²) in [5.41, 5.74) is 3.91. The van der Waals surface area contributed by atoms with E-state index in [1.165, 1.54) is 0 Å². The van der Waals surface area contributed by atoms with Gasteiger partial charge in [-0.05, 0) is 45.4 Å². The Labute approximate surface area is 119 Å². The second-order valence-electron chi connectivity index (χ2n) is 5.09. The molecule has 0 aliphatic carbocycles. The van der Waals surface area contributed by atoms with Gasteiger partial charge < -0.3 is 5.32 Å². The van der Waals surface area contributed by atoms with Crippen molar-refractivity contribution in [3.63, 3.8) is 0 Å². The van der Waals surface area contributed by atoms with Crippen molar-refractivity contribution in [2.45, 2.75) is 40.3 Å².